The van der Waals surface area contributed by atoms with Gasteiger partial charge in [-0.3, -0.25) is 0 Å². The van der Waals surface area contributed by atoms with E-state index in [0.29, 0.717) is 12.1 Å². The zero-order valence-corrected chi connectivity index (χ0v) is 19.9. The number of hydrogen-bond acceptors (Lipinski definition) is 2. The lowest BCUT2D eigenvalue weighted by molar-refractivity contribution is 0.378. The van der Waals surface area contributed by atoms with Gasteiger partial charge in [-0.15, -0.1) is 0 Å². The Morgan fingerprint density at radius 3 is 0.967 bits per heavy atom. The third-order valence-corrected chi connectivity index (χ3v) is 3.90. The van der Waals surface area contributed by atoms with Crippen LogP contribution < -0.4 is 10.6 Å². The molecule has 2 atom stereocenters. The monoisotopic (exact) mass is 416 g/mol. The summed E-state index contributed by atoms with van der Waals surface area (Å²) in [6.07, 6.45) is 0. The van der Waals surface area contributed by atoms with Crippen LogP contribution in [0.3, 0.4) is 0 Å². The highest BCUT2D eigenvalue weighted by atomic mass is 15.0. The van der Waals surface area contributed by atoms with Gasteiger partial charge in [-0.2, -0.15) is 0 Å². The van der Waals surface area contributed by atoms with Crippen molar-refractivity contribution in [3.63, 3.8) is 0 Å². The van der Waals surface area contributed by atoms with Crippen LogP contribution in [0.25, 0.3) is 0 Å². The summed E-state index contributed by atoms with van der Waals surface area (Å²) in [6, 6.07) is 21.9. The molecule has 2 aromatic carbocycles. The van der Waals surface area contributed by atoms with E-state index in [9.17, 15) is 0 Å². The summed E-state index contributed by atoms with van der Waals surface area (Å²) in [5, 5.41) is 7.07. The van der Waals surface area contributed by atoms with Gasteiger partial charge in [-0.1, -0.05) is 89.4 Å². The first-order chi connectivity index (χ1) is 13.0. The van der Waals surface area contributed by atoms with Crippen molar-refractivity contribution in [1.29, 1.82) is 0 Å². The van der Waals surface area contributed by atoms with E-state index in [1.165, 1.54) is 11.1 Å². The standard InChI is InChI=1S/2C12H19N.C2H6.2CH4/c2*1-10(13-12(2,3)4)11-8-6-5-7-9-11;1-2;;/h2*5-10,13H,1-4H3;1-2H3;2*1H4/t2*10-;;;/m00.../s1. The largest absolute Gasteiger partial charge is 0.306 e. The molecule has 0 spiro atoms. The van der Waals surface area contributed by atoms with Crippen molar-refractivity contribution in [1.82, 2.24) is 10.6 Å². The Bertz CT molecular complexity index is 549. The third-order valence-electron chi connectivity index (χ3n) is 3.90. The normalized spacial score (nSPS) is 12.5. The molecule has 0 saturated carbocycles. The third kappa shape index (κ3) is 16.2. The van der Waals surface area contributed by atoms with Gasteiger partial charge in [0, 0.05) is 23.2 Å². The first-order valence-electron chi connectivity index (χ1n) is 10.6. The molecule has 174 valence electrons. The highest BCUT2D eigenvalue weighted by Crippen LogP contribution is 2.16. The van der Waals surface area contributed by atoms with E-state index < -0.39 is 0 Å². The minimum Gasteiger partial charge on any atom is -0.306 e. The molecule has 0 aliphatic carbocycles. The molecule has 2 rings (SSSR count). The van der Waals surface area contributed by atoms with Gasteiger partial charge in [0.1, 0.15) is 0 Å². The summed E-state index contributed by atoms with van der Waals surface area (Å²) in [5.41, 5.74) is 3.04. The van der Waals surface area contributed by atoms with Crippen LogP contribution in [0.4, 0.5) is 0 Å². The molecular formula is C28H52N2. The Labute approximate surface area is 189 Å². The zero-order valence-electron chi connectivity index (χ0n) is 19.9. The first kappa shape index (κ1) is 33.0. The van der Waals surface area contributed by atoms with Gasteiger partial charge in [0.2, 0.25) is 0 Å². The second kappa shape index (κ2) is 16.1. The van der Waals surface area contributed by atoms with Crippen molar-refractivity contribution < 1.29 is 0 Å². The lowest BCUT2D eigenvalue weighted by Gasteiger charge is -2.26. The van der Waals surface area contributed by atoms with E-state index in [1.807, 2.05) is 26.0 Å². The number of benzene rings is 2. The molecule has 0 bridgehead atoms. The molecular weight excluding hydrogens is 364 g/mol. The minimum atomic E-state index is 0. The molecule has 2 aromatic rings. The topological polar surface area (TPSA) is 24.1 Å². The van der Waals surface area contributed by atoms with E-state index in [1.54, 1.807) is 0 Å². The summed E-state index contributed by atoms with van der Waals surface area (Å²) in [7, 11) is 0. The van der Waals surface area contributed by atoms with E-state index in [-0.39, 0.29) is 25.9 Å². The van der Waals surface area contributed by atoms with Crippen molar-refractivity contribution in [2.75, 3.05) is 0 Å². The average molecular weight is 417 g/mol. The smallest absolute Gasteiger partial charge is 0.0296 e. The molecule has 0 amide bonds. The maximum atomic E-state index is 3.54. The van der Waals surface area contributed by atoms with Crippen LogP contribution in [-0.4, -0.2) is 11.1 Å². The Hall–Kier alpha value is -1.64. The molecule has 2 nitrogen and oxygen atoms in total. The fourth-order valence-corrected chi connectivity index (χ4v) is 2.95. The molecule has 0 fully saturated rings. The van der Waals surface area contributed by atoms with Crippen molar-refractivity contribution in [3.8, 4) is 0 Å². The predicted molar refractivity (Wildman–Crippen MR) is 140 cm³/mol. The SMILES string of the molecule is C.C.CC.C[C@H](NC(C)(C)C)c1ccccc1.C[C@H](NC(C)(C)C)c1ccccc1. The Morgan fingerprint density at radius 1 is 0.533 bits per heavy atom. The highest BCUT2D eigenvalue weighted by Gasteiger charge is 2.14. The lowest BCUT2D eigenvalue weighted by atomic mass is 10.0. The summed E-state index contributed by atoms with van der Waals surface area (Å²) >= 11 is 0. The van der Waals surface area contributed by atoms with E-state index in [0.717, 1.165) is 0 Å². The molecule has 2 N–H and O–H groups in total. The minimum absolute atomic E-state index is 0. The first-order valence-corrected chi connectivity index (χ1v) is 10.6. The fourth-order valence-electron chi connectivity index (χ4n) is 2.95. The molecule has 30 heavy (non-hydrogen) atoms. The molecule has 0 aliphatic heterocycles. The van der Waals surface area contributed by atoms with Gasteiger partial charge in [0.25, 0.3) is 0 Å². The van der Waals surface area contributed by atoms with Gasteiger partial charge < -0.3 is 10.6 Å². The van der Waals surface area contributed by atoms with E-state index in [2.05, 4.69) is 115 Å². The van der Waals surface area contributed by atoms with Crippen LogP contribution in [0.2, 0.25) is 0 Å². The Kier molecular flexibility index (Phi) is 17.7. The van der Waals surface area contributed by atoms with Crippen LogP contribution in [0, 0.1) is 0 Å². The van der Waals surface area contributed by atoms with Crippen molar-refractivity contribution in [2.45, 2.75) is 107 Å². The number of rotatable bonds is 4. The van der Waals surface area contributed by atoms with Gasteiger partial charge in [-0.05, 0) is 66.5 Å². The maximum Gasteiger partial charge on any atom is 0.0296 e. The Morgan fingerprint density at radius 2 is 0.767 bits per heavy atom. The van der Waals surface area contributed by atoms with Crippen molar-refractivity contribution in [3.05, 3.63) is 71.8 Å². The number of nitrogens with one attached hydrogen (secondary N) is 2. The zero-order chi connectivity index (χ0) is 21.8. The van der Waals surface area contributed by atoms with Crippen LogP contribution >= 0.6 is 0 Å². The van der Waals surface area contributed by atoms with Crippen LogP contribution in [-0.2, 0) is 0 Å². The second-order valence-electron chi connectivity index (χ2n) is 9.05. The molecule has 0 heterocycles. The average Bonchev–Trinajstić information content (AvgIpc) is 2.63. The molecule has 0 saturated heterocycles. The maximum absolute atomic E-state index is 3.54. The summed E-state index contributed by atoms with van der Waals surface area (Å²) < 4.78 is 0. The highest BCUT2D eigenvalue weighted by molar-refractivity contribution is 5.19. The van der Waals surface area contributed by atoms with Gasteiger partial charge >= 0.3 is 0 Å². The molecule has 0 aliphatic rings. The summed E-state index contributed by atoms with van der Waals surface area (Å²) in [4.78, 5) is 0. The fraction of sp³-hybridized carbons (Fsp3) is 0.571. The van der Waals surface area contributed by atoms with Crippen LogP contribution in [0.1, 0.15) is 107 Å². The quantitative estimate of drug-likeness (QED) is 0.521. The molecule has 0 radical (unpaired) electrons. The van der Waals surface area contributed by atoms with Gasteiger partial charge in [0.15, 0.2) is 0 Å². The van der Waals surface area contributed by atoms with Gasteiger partial charge in [-0.25, -0.2) is 0 Å². The second-order valence-corrected chi connectivity index (χ2v) is 9.05. The van der Waals surface area contributed by atoms with E-state index in [4.69, 9.17) is 0 Å². The molecule has 2 heteroatoms. The molecule has 0 aromatic heterocycles. The van der Waals surface area contributed by atoms with Crippen molar-refractivity contribution >= 4 is 0 Å². The predicted octanol–water partition coefficient (Wildman–Crippen LogP) is 8.57. The molecule has 0 unspecified atom stereocenters. The van der Waals surface area contributed by atoms with Crippen LogP contribution in [0.15, 0.2) is 60.7 Å². The summed E-state index contributed by atoms with van der Waals surface area (Å²) in [5.74, 6) is 0. The van der Waals surface area contributed by atoms with E-state index >= 15 is 0 Å². The van der Waals surface area contributed by atoms with Gasteiger partial charge in [0.05, 0.1) is 0 Å². The van der Waals surface area contributed by atoms with Crippen LogP contribution in [0.5, 0.6) is 0 Å². The Balaban J connectivity index is -0.000000423. The van der Waals surface area contributed by atoms with Crippen molar-refractivity contribution in [2.24, 2.45) is 0 Å². The summed E-state index contributed by atoms with van der Waals surface area (Å²) in [6.45, 7) is 21.5. The number of hydrogen-bond donors (Lipinski definition) is 2. The lowest BCUT2D eigenvalue weighted by Crippen LogP contribution is -2.37.